The molecule has 0 saturated carbocycles. The van der Waals surface area contributed by atoms with E-state index in [1.165, 1.54) is 26.0 Å². The molecule has 0 saturated heterocycles. The number of benzene rings is 4. The molecule has 4 rings (SSSR count). The number of hydrogen-bond donors (Lipinski definition) is 0. The Balaban J connectivity index is 1.67. The molecule has 0 aromatic heterocycles. The molecule has 6 atom stereocenters. The summed E-state index contributed by atoms with van der Waals surface area (Å²) in [6.45, 7) is 22.3. The van der Waals surface area contributed by atoms with E-state index in [0.717, 1.165) is 20.9 Å². The van der Waals surface area contributed by atoms with Crippen molar-refractivity contribution in [2.45, 2.75) is 156 Å². The summed E-state index contributed by atoms with van der Waals surface area (Å²) in [6, 6.07) is 31.5. The Morgan fingerprint density at radius 1 is 0.468 bits per heavy atom. The molecule has 0 fully saturated rings. The Bertz CT molecular complexity index is 2600. The highest BCUT2D eigenvalue weighted by Gasteiger charge is 2.43. The molecule has 0 bridgehead atoms. The maximum absolute atomic E-state index is 15.0. The van der Waals surface area contributed by atoms with E-state index in [1.54, 1.807) is 141 Å². The molecule has 4 aromatic rings. The second-order valence-corrected chi connectivity index (χ2v) is 28.9. The zero-order chi connectivity index (χ0) is 58.8. The van der Waals surface area contributed by atoms with Gasteiger partial charge >= 0.3 is 30.0 Å². The van der Waals surface area contributed by atoms with Crippen molar-refractivity contribution in [1.29, 1.82) is 0 Å². The summed E-state index contributed by atoms with van der Waals surface area (Å²) in [5.41, 5.74) is 2.13. The fourth-order valence-corrected chi connectivity index (χ4v) is 8.93. The van der Waals surface area contributed by atoms with E-state index in [0.29, 0.717) is 29.5 Å². The molecule has 17 heteroatoms. The van der Waals surface area contributed by atoms with Gasteiger partial charge in [0.1, 0.15) is 36.1 Å². The minimum absolute atomic E-state index is 0.0466. The lowest BCUT2D eigenvalue weighted by atomic mass is 10.00. The lowest BCUT2D eigenvalue weighted by Crippen LogP contribution is -2.55. The Kier molecular flexibility index (Phi) is 24.3. The van der Waals surface area contributed by atoms with Gasteiger partial charge in [-0.3, -0.25) is 14.5 Å². The van der Waals surface area contributed by atoms with Crippen molar-refractivity contribution in [2.75, 3.05) is 27.7 Å². The number of esters is 4. The van der Waals surface area contributed by atoms with E-state index in [9.17, 15) is 33.6 Å². The van der Waals surface area contributed by atoms with Gasteiger partial charge in [0.15, 0.2) is 12.2 Å². The monoisotopic (exact) mass is 1110 g/mol. The molecule has 0 radical (unpaired) electrons. The van der Waals surface area contributed by atoms with Gasteiger partial charge in [0.05, 0.1) is 6.61 Å². The van der Waals surface area contributed by atoms with Crippen LogP contribution in [0.5, 0.6) is 5.75 Å². The predicted molar refractivity (Wildman–Crippen MR) is 305 cm³/mol. The minimum atomic E-state index is -1.57. The van der Waals surface area contributed by atoms with Crippen LogP contribution in [0.2, 0.25) is 25.7 Å². The van der Waals surface area contributed by atoms with E-state index in [1.807, 2.05) is 36.4 Å². The summed E-state index contributed by atoms with van der Waals surface area (Å²) in [7, 11) is 2.67. The summed E-state index contributed by atoms with van der Waals surface area (Å²) >= 11 is 0. The van der Waals surface area contributed by atoms with Crippen LogP contribution in [0.25, 0.3) is 0 Å². The summed E-state index contributed by atoms with van der Waals surface area (Å²) in [5.74, 6) is -6.04. The first-order valence-corrected chi connectivity index (χ1v) is 30.9. The van der Waals surface area contributed by atoms with Crippen molar-refractivity contribution in [1.82, 2.24) is 14.7 Å². The number of carbonyl (C=O) groups is 7. The van der Waals surface area contributed by atoms with Crippen molar-refractivity contribution < 1.29 is 62.0 Å². The van der Waals surface area contributed by atoms with Crippen LogP contribution in [0.3, 0.4) is 0 Å². The molecule has 0 aliphatic rings. The molecule has 0 aliphatic heterocycles. The van der Waals surface area contributed by atoms with E-state index < -0.39 is 110 Å². The normalized spacial score (nSPS) is 13.9. The lowest BCUT2D eigenvalue weighted by Gasteiger charge is -2.35. The van der Waals surface area contributed by atoms with E-state index in [-0.39, 0.29) is 25.9 Å². The van der Waals surface area contributed by atoms with Crippen LogP contribution in [0.1, 0.15) is 84.6 Å². The van der Waals surface area contributed by atoms with Crippen molar-refractivity contribution in [2.24, 2.45) is 17.8 Å². The molecule has 430 valence electrons. The van der Waals surface area contributed by atoms with Crippen LogP contribution in [0.4, 0.5) is 4.79 Å². The predicted octanol–water partition coefficient (Wildman–Crippen LogP) is 9.77. The quantitative estimate of drug-likeness (QED) is 0.0313. The minimum Gasteiger partial charge on any atom is -0.489 e. The fourth-order valence-electron chi connectivity index (χ4n) is 8.22. The third kappa shape index (κ3) is 20.6. The number of amides is 3. The number of ether oxygens (including phenoxy) is 6. The Morgan fingerprint density at radius 2 is 0.823 bits per heavy atom. The first-order chi connectivity index (χ1) is 37.1. The van der Waals surface area contributed by atoms with Crippen molar-refractivity contribution in [3.8, 4) is 5.75 Å². The number of hydrogen-bond acceptors (Lipinski definition) is 13. The summed E-state index contributed by atoms with van der Waals surface area (Å²) in [6.07, 6.45) is -5.05. The average molecular weight is 1110 g/mol. The zero-order valence-corrected chi connectivity index (χ0v) is 50.1. The molecule has 0 aliphatic carbocycles. The second-order valence-electron chi connectivity index (χ2n) is 23.3. The molecule has 16 nitrogen and oxygen atoms in total. The number of carbonyl (C=O) groups excluding carboxylic acids is 7. The highest BCUT2D eigenvalue weighted by atomic mass is 28.3. The average Bonchev–Trinajstić information content (AvgIpc) is 3.42. The number of rotatable bonds is 27. The molecule has 0 heterocycles. The largest absolute Gasteiger partial charge is 0.489 e. The van der Waals surface area contributed by atoms with Crippen LogP contribution in [0.15, 0.2) is 115 Å². The third-order valence-corrected chi connectivity index (χ3v) is 14.8. The van der Waals surface area contributed by atoms with Gasteiger partial charge < -0.3 is 38.2 Å². The van der Waals surface area contributed by atoms with Gasteiger partial charge in [-0.05, 0) is 73.0 Å². The maximum atomic E-state index is 15.0. The Morgan fingerprint density at radius 3 is 1.19 bits per heavy atom. The van der Waals surface area contributed by atoms with E-state index >= 15 is 0 Å². The topological polar surface area (TPSA) is 185 Å². The first kappa shape index (κ1) is 64.5. The maximum Gasteiger partial charge on any atom is 0.410 e. The van der Waals surface area contributed by atoms with Gasteiger partial charge in [-0.2, -0.15) is 0 Å². The van der Waals surface area contributed by atoms with Gasteiger partial charge in [0.2, 0.25) is 6.10 Å². The molecule has 79 heavy (non-hydrogen) atoms. The highest BCUT2D eigenvalue weighted by Crippen LogP contribution is 2.25. The van der Waals surface area contributed by atoms with Crippen LogP contribution < -0.4 is 4.74 Å². The molecular weight excluding hydrogens is 1020 g/mol. The Labute approximate surface area is 469 Å². The molecule has 0 unspecified atom stereocenters. The molecule has 0 spiro atoms. The van der Waals surface area contributed by atoms with Crippen molar-refractivity contribution in [3.05, 3.63) is 138 Å². The van der Waals surface area contributed by atoms with Crippen LogP contribution in [0, 0.1) is 17.8 Å². The summed E-state index contributed by atoms with van der Waals surface area (Å²) < 4.78 is 35.5. The molecular formula is C62H85N3O13Si. The SMILES string of the molecule is CC(C)[C@@H](OC(=O)[C@H](Cc1ccc(OCc2ccccc2)cc1)N(C)C(=O)[C@H](OC(=O)[C@H](Cc1ccccc1)N(C)C(=O)[C@H](OC(=O)[C@H](Cc1ccccc1)N(C)C(=O)OC(C)(C)C)C(C)C)C(C)C)C(=O)OCC[Si](C)(C)C. The van der Waals surface area contributed by atoms with E-state index in [2.05, 4.69) is 19.6 Å². The number of likely N-dealkylation sites (N-methyl/N-ethyl adjacent to an activating group) is 3. The number of nitrogens with zero attached hydrogens (tertiary/aromatic N) is 3. The van der Waals surface area contributed by atoms with Crippen molar-refractivity contribution >= 4 is 49.9 Å². The van der Waals surface area contributed by atoms with Gasteiger partial charge in [0, 0.05) is 54.4 Å². The molecule has 3 amide bonds. The van der Waals surface area contributed by atoms with Crippen LogP contribution in [-0.4, -0.2) is 134 Å². The van der Waals surface area contributed by atoms with Crippen molar-refractivity contribution in [3.63, 3.8) is 0 Å². The highest BCUT2D eigenvalue weighted by molar-refractivity contribution is 6.76. The summed E-state index contributed by atoms with van der Waals surface area (Å²) in [5, 5.41) is 0. The van der Waals surface area contributed by atoms with Gasteiger partial charge in [-0.1, -0.05) is 164 Å². The standard InChI is InChI=1S/C62H85N3O13Si/c1-41(2)52(55(66)64(11)50(58(69)77-54(43(5)6)60(71)73-35-36-79(13,14)15)39-46-31-33-48(34-32-46)74-40-47-29-23-18-24-30-47)75-57(68)49(37-44-25-19-16-20-26-44)63(10)56(67)53(42(3)4)76-59(70)51(38-45-27-21-17-22-28-45)65(12)61(72)78-62(7,8)9/h16-34,41-43,49-54H,35-40H2,1-15H3/t49-,50-,51-,52+,53+,54+/m0/s1. The lowest BCUT2D eigenvalue weighted by molar-refractivity contribution is -0.178. The second kappa shape index (κ2) is 29.8. The molecule has 0 N–H and O–H groups in total. The van der Waals surface area contributed by atoms with Gasteiger partial charge in [0.25, 0.3) is 11.8 Å². The molecule has 4 aromatic carbocycles. The first-order valence-electron chi connectivity index (χ1n) is 27.2. The van der Waals surface area contributed by atoms with Crippen LogP contribution in [-0.2, 0) is 78.3 Å². The van der Waals surface area contributed by atoms with Gasteiger partial charge in [-0.25, -0.2) is 24.0 Å². The fraction of sp³-hybridized carbons (Fsp3) is 0.500. The van der Waals surface area contributed by atoms with E-state index in [4.69, 9.17) is 28.4 Å². The van der Waals surface area contributed by atoms with Gasteiger partial charge in [-0.15, -0.1) is 0 Å². The Hall–Kier alpha value is -7.01. The smallest absolute Gasteiger partial charge is 0.410 e. The third-order valence-electron chi connectivity index (χ3n) is 13.1. The summed E-state index contributed by atoms with van der Waals surface area (Å²) in [4.78, 5) is 104. The zero-order valence-electron chi connectivity index (χ0n) is 49.1. The van der Waals surface area contributed by atoms with Crippen LogP contribution >= 0.6 is 0 Å².